The van der Waals surface area contributed by atoms with Crippen molar-refractivity contribution in [1.82, 2.24) is 10.3 Å². The molecule has 1 aliphatic carbocycles. The van der Waals surface area contributed by atoms with Crippen molar-refractivity contribution < 1.29 is 14.6 Å². The van der Waals surface area contributed by atoms with E-state index in [1.165, 1.54) is 0 Å². The molecule has 24 heavy (non-hydrogen) atoms. The fourth-order valence-electron chi connectivity index (χ4n) is 2.92. The summed E-state index contributed by atoms with van der Waals surface area (Å²) in [5, 5.41) is 16.1. The summed E-state index contributed by atoms with van der Waals surface area (Å²) >= 11 is 1.59. The number of aliphatic hydroxyl groups is 1. The van der Waals surface area contributed by atoms with Crippen LogP contribution in [-0.2, 0) is 6.61 Å². The molecule has 1 aliphatic rings. The van der Waals surface area contributed by atoms with Crippen molar-refractivity contribution in [2.24, 2.45) is 0 Å². The van der Waals surface area contributed by atoms with E-state index in [9.17, 15) is 9.90 Å². The molecule has 1 fully saturated rings. The molecule has 1 heterocycles. The third kappa shape index (κ3) is 4.33. The predicted octanol–water partition coefficient (Wildman–Crippen LogP) is 3.07. The van der Waals surface area contributed by atoms with E-state index in [-0.39, 0.29) is 5.91 Å². The van der Waals surface area contributed by atoms with Crippen LogP contribution in [0.5, 0.6) is 5.75 Å². The summed E-state index contributed by atoms with van der Waals surface area (Å²) in [5.74, 6) is 0.443. The van der Waals surface area contributed by atoms with Crippen molar-refractivity contribution in [1.29, 1.82) is 0 Å². The average molecular weight is 346 g/mol. The maximum absolute atomic E-state index is 12.3. The molecule has 0 bridgehead atoms. The third-order valence-electron chi connectivity index (χ3n) is 4.26. The van der Waals surface area contributed by atoms with Crippen LogP contribution in [0.3, 0.4) is 0 Å². The molecule has 0 aliphatic heterocycles. The minimum Gasteiger partial charge on any atom is -0.487 e. The van der Waals surface area contributed by atoms with Gasteiger partial charge in [0, 0.05) is 17.5 Å². The number of thiazole rings is 1. The predicted molar refractivity (Wildman–Crippen MR) is 93.4 cm³/mol. The molecule has 3 rings (SSSR count). The zero-order valence-electron chi connectivity index (χ0n) is 13.7. The van der Waals surface area contributed by atoms with Crippen molar-refractivity contribution in [2.45, 2.75) is 44.8 Å². The summed E-state index contributed by atoms with van der Waals surface area (Å²) in [7, 11) is 0. The second kappa shape index (κ2) is 7.32. The van der Waals surface area contributed by atoms with Crippen LogP contribution in [0.4, 0.5) is 0 Å². The topological polar surface area (TPSA) is 71.5 Å². The van der Waals surface area contributed by atoms with Crippen molar-refractivity contribution in [3.05, 3.63) is 45.9 Å². The SMILES string of the molecule is Cc1nc(COc2cccc(C(=O)NCC3(O)CCCC3)c2)cs1. The molecule has 0 radical (unpaired) electrons. The number of carbonyl (C=O) groups is 1. The highest BCUT2D eigenvalue weighted by molar-refractivity contribution is 7.09. The van der Waals surface area contributed by atoms with Gasteiger partial charge in [-0.1, -0.05) is 18.9 Å². The van der Waals surface area contributed by atoms with E-state index in [4.69, 9.17) is 4.74 Å². The van der Waals surface area contributed by atoms with Crippen LogP contribution in [0.25, 0.3) is 0 Å². The van der Waals surface area contributed by atoms with Gasteiger partial charge in [-0.3, -0.25) is 4.79 Å². The van der Waals surface area contributed by atoms with Gasteiger partial charge in [0.2, 0.25) is 0 Å². The smallest absolute Gasteiger partial charge is 0.251 e. The zero-order valence-corrected chi connectivity index (χ0v) is 14.6. The van der Waals surface area contributed by atoms with Gasteiger partial charge >= 0.3 is 0 Å². The number of benzene rings is 1. The van der Waals surface area contributed by atoms with Crippen molar-refractivity contribution in [3.63, 3.8) is 0 Å². The minimum atomic E-state index is -0.744. The Bertz CT molecular complexity index is 708. The molecule has 0 spiro atoms. The Morgan fingerprint density at radius 1 is 1.42 bits per heavy atom. The fraction of sp³-hybridized carbons (Fsp3) is 0.444. The van der Waals surface area contributed by atoms with Crippen LogP contribution in [0.15, 0.2) is 29.6 Å². The van der Waals surface area contributed by atoms with Gasteiger partial charge in [-0.05, 0) is 38.0 Å². The summed E-state index contributed by atoms with van der Waals surface area (Å²) in [4.78, 5) is 16.6. The van der Waals surface area contributed by atoms with Crippen LogP contribution in [-0.4, -0.2) is 28.1 Å². The molecule has 0 saturated heterocycles. The minimum absolute atomic E-state index is 0.190. The second-order valence-electron chi connectivity index (χ2n) is 6.29. The van der Waals surface area contributed by atoms with E-state index < -0.39 is 5.60 Å². The largest absolute Gasteiger partial charge is 0.487 e. The molecule has 1 aromatic heterocycles. The van der Waals surface area contributed by atoms with E-state index in [0.29, 0.717) is 24.5 Å². The first-order chi connectivity index (χ1) is 11.5. The number of carbonyl (C=O) groups excluding carboxylic acids is 1. The van der Waals surface area contributed by atoms with E-state index >= 15 is 0 Å². The van der Waals surface area contributed by atoms with E-state index in [0.717, 1.165) is 36.4 Å². The van der Waals surface area contributed by atoms with Crippen LogP contribution in [0.2, 0.25) is 0 Å². The second-order valence-corrected chi connectivity index (χ2v) is 7.35. The van der Waals surface area contributed by atoms with Crippen LogP contribution >= 0.6 is 11.3 Å². The first kappa shape index (κ1) is 16.9. The highest BCUT2D eigenvalue weighted by atomic mass is 32.1. The van der Waals surface area contributed by atoms with Crippen molar-refractivity contribution >= 4 is 17.2 Å². The molecule has 128 valence electrons. The Hall–Kier alpha value is -1.92. The highest BCUT2D eigenvalue weighted by Crippen LogP contribution is 2.28. The average Bonchev–Trinajstić information content (AvgIpc) is 3.20. The number of aromatic nitrogens is 1. The summed E-state index contributed by atoms with van der Waals surface area (Å²) in [5.41, 5.74) is 0.672. The molecular weight excluding hydrogens is 324 g/mol. The lowest BCUT2D eigenvalue weighted by molar-refractivity contribution is 0.0449. The van der Waals surface area contributed by atoms with Gasteiger partial charge < -0.3 is 15.2 Å². The van der Waals surface area contributed by atoms with Crippen LogP contribution in [0, 0.1) is 6.92 Å². The zero-order chi connectivity index (χ0) is 17.0. The molecule has 1 saturated carbocycles. The summed E-state index contributed by atoms with van der Waals surface area (Å²) < 4.78 is 5.71. The number of amides is 1. The Morgan fingerprint density at radius 2 is 2.21 bits per heavy atom. The Labute approximate surface area is 145 Å². The molecule has 6 heteroatoms. The van der Waals surface area contributed by atoms with E-state index in [1.807, 2.05) is 18.4 Å². The molecular formula is C18H22N2O3S. The van der Waals surface area contributed by atoms with E-state index in [2.05, 4.69) is 10.3 Å². The molecule has 2 aromatic rings. The van der Waals surface area contributed by atoms with Gasteiger partial charge in [0.1, 0.15) is 12.4 Å². The Kier molecular flexibility index (Phi) is 5.16. The highest BCUT2D eigenvalue weighted by Gasteiger charge is 2.31. The van der Waals surface area contributed by atoms with Gasteiger partial charge in [-0.2, -0.15) is 0 Å². The summed E-state index contributed by atoms with van der Waals surface area (Å²) in [6.45, 7) is 2.64. The lowest BCUT2D eigenvalue weighted by Crippen LogP contribution is -2.40. The van der Waals surface area contributed by atoms with Crippen LogP contribution < -0.4 is 10.1 Å². The maximum atomic E-state index is 12.3. The monoisotopic (exact) mass is 346 g/mol. The molecule has 1 aromatic carbocycles. The van der Waals surface area contributed by atoms with Gasteiger partial charge in [0.05, 0.1) is 16.3 Å². The number of rotatable bonds is 6. The quantitative estimate of drug-likeness (QED) is 0.843. The van der Waals surface area contributed by atoms with Gasteiger partial charge in [-0.25, -0.2) is 4.98 Å². The van der Waals surface area contributed by atoms with E-state index in [1.54, 1.807) is 29.5 Å². The maximum Gasteiger partial charge on any atom is 0.251 e. The number of aryl methyl sites for hydroxylation is 1. The fourth-order valence-corrected chi connectivity index (χ4v) is 3.51. The first-order valence-electron chi connectivity index (χ1n) is 8.19. The molecule has 5 nitrogen and oxygen atoms in total. The number of nitrogens with one attached hydrogen (secondary N) is 1. The number of hydrogen-bond acceptors (Lipinski definition) is 5. The van der Waals surface area contributed by atoms with Crippen LogP contribution in [0.1, 0.15) is 46.7 Å². The number of nitrogens with zero attached hydrogens (tertiary/aromatic N) is 1. The molecule has 0 atom stereocenters. The van der Waals surface area contributed by atoms with Gasteiger partial charge in [-0.15, -0.1) is 11.3 Å². The Morgan fingerprint density at radius 3 is 2.92 bits per heavy atom. The lowest BCUT2D eigenvalue weighted by atomic mass is 10.0. The molecule has 1 amide bonds. The normalized spacial score (nSPS) is 16.1. The molecule has 2 N–H and O–H groups in total. The van der Waals surface area contributed by atoms with Gasteiger partial charge in [0.15, 0.2) is 0 Å². The third-order valence-corrected chi connectivity index (χ3v) is 5.08. The van der Waals surface area contributed by atoms with Gasteiger partial charge in [0.25, 0.3) is 5.91 Å². The number of hydrogen-bond donors (Lipinski definition) is 2. The van der Waals surface area contributed by atoms with Crippen molar-refractivity contribution in [2.75, 3.05) is 6.54 Å². The summed E-state index contributed by atoms with van der Waals surface area (Å²) in [6.07, 6.45) is 3.55. The number of ether oxygens (including phenoxy) is 1. The summed E-state index contributed by atoms with van der Waals surface area (Å²) in [6, 6.07) is 7.07. The molecule has 0 unspecified atom stereocenters. The standard InChI is InChI=1S/C18H22N2O3S/c1-13-20-15(11-24-13)10-23-16-6-4-5-14(9-16)17(21)19-12-18(22)7-2-3-8-18/h4-6,9,11,22H,2-3,7-8,10,12H2,1H3,(H,19,21). The Balaban J connectivity index is 1.56. The first-order valence-corrected chi connectivity index (χ1v) is 9.07. The lowest BCUT2D eigenvalue weighted by Gasteiger charge is -2.22. The van der Waals surface area contributed by atoms with Crippen molar-refractivity contribution in [3.8, 4) is 5.75 Å².